The standard InChI is InChI=1S/C14H21O/c1-4-7-12(5-2)13-8-10-14(11-9-13)15-6-3/h8-12H,2,4-7H2,1,3H3. The maximum absolute atomic E-state index is 5.42. The second-order valence-corrected chi connectivity index (χ2v) is 3.78. The Bertz CT molecular complexity index is 263. The van der Waals surface area contributed by atoms with Gasteiger partial charge in [-0.25, -0.2) is 0 Å². The van der Waals surface area contributed by atoms with Crippen LogP contribution in [0.5, 0.6) is 5.75 Å². The van der Waals surface area contributed by atoms with Crippen molar-refractivity contribution in [3.05, 3.63) is 36.8 Å². The molecule has 1 aromatic carbocycles. The van der Waals surface area contributed by atoms with Gasteiger partial charge in [-0.2, -0.15) is 0 Å². The molecule has 0 saturated heterocycles. The molecule has 1 nitrogen and oxygen atoms in total. The van der Waals surface area contributed by atoms with Crippen molar-refractivity contribution in [3.8, 4) is 5.75 Å². The molecule has 1 radical (unpaired) electrons. The average molecular weight is 205 g/mol. The minimum Gasteiger partial charge on any atom is -0.494 e. The monoisotopic (exact) mass is 205 g/mol. The highest BCUT2D eigenvalue weighted by atomic mass is 16.5. The second kappa shape index (κ2) is 6.49. The van der Waals surface area contributed by atoms with Crippen LogP contribution in [-0.4, -0.2) is 6.61 Å². The summed E-state index contributed by atoms with van der Waals surface area (Å²) in [7, 11) is 0. The first-order valence-corrected chi connectivity index (χ1v) is 5.83. The predicted molar refractivity (Wildman–Crippen MR) is 65.2 cm³/mol. The summed E-state index contributed by atoms with van der Waals surface area (Å²) in [6.07, 6.45) is 3.41. The Hall–Kier alpha value is -0.980. The van der Waals surface area contributed by atoms with Gasteiger partial charge in [-0.15, -0.1) is 0 Å². The molecule has 1 heteroatoms. The van der Waals surface area contributed by atoms with Gasteiger partial charge in [0.15, 0.2) is 0 Å². The normalized spacial score (nSPS) is 12.5. The van der Waals surface area contributed by atoms with E-state index in [1.807, 2.05) is 6.92 Å². The van der Waals surface area contributed by atoms with Crippen LogP contribution < -0.4 is 4.74 Å². The fourth-order valence-corrected chi connectivity index (χ4v) is 1.83. The summed E-state index contributed by atoms with van der Waals surface area (Å²) < 4.78 is 5.42. The predicted octanol–water partition coefficient (Wildman–Crippen LogP) is 4.19. The first-order chi connectivity index (χ1) is 7.31. The van der Waals surface area contributed by atoms with Crippen LogP contribution in [0.1, 0.15) is 44.6 Å². The van der Waals surface area contributed by atoms with E-state index in [1.54, 1.807) is 0 Å². The third-order valence-electron chi connectivity index (χ3n) is 2.65. The smallest absolute Gasteiger partial charge is 0.119 e. The van der Waals surface area contributed by atoms with Gasteiger partial charge in [0.1, 0.15) is 5.75 Å². The summed E-state index contributed by atoms with van der Waals surface area (Å²) >= 11 is 0. The van der Waals surface area contributed by atoms with Gasteiger partial charge < -0.3 is 4.74 Å². The Morgan fingerprint density at radius 2 is 1.87 bits per heavy atom. The molecule has 1 rings (SSSR count). The fourth-order valence-electron chi connectivity index (χ4n) is 1.83. The lowest BCUT2D eigenvalue weighted by molar-refractivity contribution is 0.340. The molecular weight excluding hydrogens is 184 g/mol. The van der Waals surface area contributed by atoms with Gasteiger partial charge in [0, 0.05) is 0 Å². The molecule has 15 heavy (non-hydrogen) atoms. The van der Waals surface area contributed by atoms with Crippen molar-refractivity contribution in [1.82, 2.24) is 0 Å². The molecular formula is C14H21O. The zero-order chi connectivity index (χ0) is 11.1. The van der Waals surface area contributed by atoms with Gasteiger partial charge in [0.25, 0.3) is 0 Å². The summed E-state index contributed by atoms with van der Waals surface area (Å²) in [5.41, 5.74) is 1.38. The molecule has 0 spiro atoms. The van der Waals surface area contributed by atoms with Crippen LogP contribution in [0, 0.1) is 6.92 Å². The lowest BCUT2D eigenvalue weighted by atomic mass is 9.92. The van der Waals surface area contributed by atoms with E-state index < -0.39 is 0 Å². The molecule has 0 N–H and O–H groups in total. The number of ether oxygens (including phenoxy) is 1. The van der Waals surface area contributed by atoms with E-state index >= 15 is 0 Å². The molecule has 0 saturated carbocycles. The van der Waals surface area contributed by atoms with Gasteiger partial charge in [-0.3, -0.25) is 0 Å². The molecule has 0 aliphatic heterocycles. The van der Waals surface area contributed by atoms with Crippen molar-refractivity contribution in [2.45, 2.75) is 39.0 Å². The third kappa shape index (κ3) is 3.58. The van der Waals surface area contributed by atoms with Crippen LogP contribution in [0.3, 0.4) is 0 Å². The Morgan fingerprint density at radius 1 is 1.20 bits per heavy atom. The average Bonchev–Trinajstić information content (AvgIpc) is 2.28. The van der Waals surface area contributed by atoms with Gasteiger partial charge in [-0.1, -0.05) is 32.4 Å². The van der Waals surface area contributed by atoms with E-state index in [4.69, 9.17) is 4.74 Å². The van der Waals surface area contributed by atoms with E-state index in [-0.39, 0.29) is 0 Å². The fraction of sp³-hybridized carbons (Fsp3) is 0.500. The Labute approximate surface area is 93.5 Å². The van der Waals surface area contributed by atoms with E-state index in [1.165, 1.54) is 18.4 Å². The van der Waals surface area contributed by atoms with Crippen LogP contribution in [0.2, 0.25) is 0 Å². The first-order valence-electron chi connectivity index (χ1n) is 5.83. The van der Waals surface area contributed by atoms with Crippen LogP contribution >= 0.6 is 0 Å². The zero-order valence-electron chi connectivity index (χ0n) is 9.83. The molecule has 0 aromatic heterocycles. The van der Waals surface area contributed by atoms with Crippen molar-refractivity contribution in [2.75, 3.05) is 6.61 Å². The van der Waals surface area contributed by atoms with Gasteiger partial charge in [0.2, 0.25) is 0 Å². The molecule has 0 heterocycles. The molecule has 0 bridgehead atoms. The lowest BCUT2D eigenvalue weighted by Gasteiger charge is -2.14. The van der Waals surface area contributed by atoms with E-state index in [0.29, 0.717) is 5.92 Å². The number of benzene rings is 1. The SMILES string of the molecule is [CH2]CC(CCC)c1ccc(OCC)cc1. The molecule has 83 valence electrons. The summed E-state index contributed by atoms with van der Waals surface area (Å²) in [5.74, 6) is 1.56. The molecule has 0 aliphatic rings. The van der Waals surface area contributed by atoms with Crippen molar-refractivity contribution < 1.29 is 4.74 Å². The quantitative estimate of drug-likeness (QED) is 0.676. The molecule has 0 amide bonds. The largest absolute Gasteiger partial charge is 0.494 e. The molecule has 1 unspecified atom stereocenters. The first kappa shape index (κ1) is 12.1. The topological polar surface area (TPSA) is 9.23 Å². The molecule has 1 atom stereocenters. The Morgan fingerprint density at radius 3 is 2.33 bits per heavy atom. The van der Waals surface area contributed by atoms with Gasteiger partial charge in [0.05, 0.1) is 6.61 Å². The van der Waals surface area contributed by atoms with Crippen molar-refractivity contribution in [2.24, 2.45) is 0 Å². The van der Waals surface area contributed by atoms with Crippen LogP contribution in [0.4, 0.5) is 0 Å². The third-order valence-corrected chi connectivity index (χ3v) is 2.65. The second-order valence-electron chi connectivity index (χ2n) is 3.78. The Balaban J connectivity index is 2.68. The van der Waals surface area contributed by atoms with Crippen LogP contribution in [0.15, 0.2) is 24.3 Å². The van der Waals surface area contributed by atoms with E-state index in [9.17, 15) is 0 Å². The van der Waals surface area contributed by atoms with Crippen molar-refractivity contribution in [1.29, 1.82) is 0 Å². The zero-order valence-corrected chi connectivity index (χ0v) is 9.83. The van der Waals surface area contributed by atoms with Crippen LogP contribution in [0.25, 0.3) is 0 Å². The summed E-state index contributed by atoms with van der Waals surface area (Å²) in [5, 5.41) is 0. The van der Waals surface area contributed by atoms with Crippen molar-refractivity contribution in [3.63, 3.8) is 0 Å². The molecule has 1 aromatic rings. The Kier molecular flexibility index (Phi) is 5.23. The number of rotatable bonds is 6. The summed E-state index contributed by atoms with van der Waals surface area (Å²) in [4.78, 5) is 0. The lowest BCUT2D eigenvalue weighted by Crippen LogP contribution is -1.97. The minimum absolute atomic E-state index is 0.602. The minimum atomic E-state index is 0.602. The summed E-state index contributed by atoms with van der Waals surface area (Å²) in [6.45, 7) is 8.96. The van der Waals surface area contributed by atoms with Gasteiger partial charge in [-0.05, 0) is 43.4 Å². The molecule has 0 aliphatic carbocycles. The summed E-state index contributed by atoms with van der Waals surface area (Å²) in [6, 6.07) is 8.43. The molecule has 0 fully saturated rings. The highest BCUT2D eigenvalue weighted by molar-refractivity contribution is 5.29. The maximum Gasteiger partial charge on any atom is 0.119 e. The van der Waals surface area contributed by atoms with Gasteiger partial charge >= 0.3 is 0 Å². The number of hydrogen-bond acceptors (Lipinski definition) is 1. The van der Waals surface area contributed by atoms with Crippen LogP contribution in [-0.2, 0) is 0 Å². The van der Waals surface area contributed by atoms with Crippen molar-refractivity contribution >= 4 is 0 Å². The number of hydrogen-bond donors (Lipinski definition) is 0. The van der Waals surface area contributed by atoms with E-state index in [2.05, 4.69) is 38.1 Å². The van der Waals surface area contributed by atoms with E-state index in [0.717, 1.165) is 18.8 Å². The maximum atomic E-state index is 5.42. The highest BCUT2D eigenvalue weighted by Gasteiger charge is 2.07. The highest BCUT2D eigenvalue weighted by Crippen LogP contribution is 2.26.